The minimum atomic E-state index is -0.431. The maximum atomic E-state index is 13.7. The van der Waals surface area contributed by atoms with E-state index in [2.05, 4.69) is 9.97 Å². The molecule has 0 saturated heterocycles. The van der Waals surface area contributed by atoms with Crippen molar-refractivity contribution in [3.63, 3.8) is 0 Å². The van der Waals surface area contributed by atoms with Crippen molar-refractivity contribution < 1.29 is 9.13 Å². The van der Waals surface area contributed by atoms with Gasteiger partial charge in [0.25, 0.3) is 0 Å². The number of nitrogen functional groups attached to an aromatic ring is 1. The molecule has 3 rings (SSSR count). The number of methoxy groups -OCH3 is 1. The molecule has 5 heteroatoms. The fourth-order valence-corrected chi connectivity index (χ4v) is 2.01. The van der Waals surface area contributed by atoms with Gasteiger partial charge in [0.05, 0.1) is 7.11 Å². The zero-order valence-corrected chi connectivity index (χ0v) is 10.6. The number of nitrogens with zero attached hydrogens (tertiary/aromatic N) is 2. The van der Waals surface area contributed by atoms with Gasteiger partial charge in [-0.3, -0.25) is 0 Å². The van der Waals surface area contributed by atoms with Crippen LogP contribution in [-0.2, 0) is 0 Å². The molecule has 0 aliphatic heterocycles. The molecule has 2 aromatic rings. The summed E-state index contributed by atoms with van der Waals surface area (Å²) in [6, 6.07) is 6.45. The highest BCUT2D eigenvalue weighted by atomic mass is 19.1. The highest BCUT2D eigenvalue weighted by molar-refractivity contribution is 5.58. The van der Waals surface area contributed by atoms with E-state index in [4.69, 9.17) is 10.5 Å². The standard InChI is InChI=1S/C14H14FN3O/c1-19-12-5-4-9(6-10(12)15)14-17-11(8-2-3-8)7-13(16)18-14/h4-8H,2-3H2,1H3,(H2,16,17,18). The molecule has 0 spiro atoms. The van der Waals surface area contributed by atoms with Crippen LogP contribution in [0.5, 0.6) is 5.75 Å². The van der Waals surface area contributed by atoms with Gasteiger partial charge in [0, 0.05) is 23.2 Å². The van der Waals surface area contributed by atoms with Crippen LogP contribution in [0.1, 0.15) is 24.5 Å². The van der Waals surface area contributed by atoms with Crippen molar-refractivity contribution in [3.05, 3.63) is 35.8 Å². The van der Waals surface area contributed by atoms with E-state index in [0.717, 1.165) is 18.5 Å². The molecule has 1 heterocycles. The third-order valence-corrected chi connectivity index (χ3v) is 3.17. The van der Waals surface area contributed by atoms with E-state index in [1.807, 2.05) is 0 Å². The smallest absolute Gasteiger partial charge is 0.165 e. The van der Waals surface area contributed by atoms with Gasteiger partial charge in [0.2, 0.25) is 0 Å². The Balaban J connectivity index is 2.03. The molecular weight excluding hydrogens is 245 g/mol. The third kappa shape index (κ3) is 2.36. The summed E-state index contributed by atoms with van der Waals surface area (Å²) in [6.07, 6.45) is 2.26. The fraction of sp³-hybridized carbons (Fsp3) is 0.286. The van der Waals surface area contributed by atoms with Gasteiger partial charge >= 0.3 is 0 Å². The Labute approximate surface area is 110 Å². The molecule has 2 N–H and O–H groups in total. The van der Waals surface area contributed by atoms with Gasteiger partial charge in [-0.15, -0.1) is 0 Å². The minimum absolute atomic E-state index is 0.204. The second kappa shape index (κ2) is 4.50. The lowest BCUT2D eigenvalue weighted by Crippen LogP contribution is -2.00. The van der Waals surface area contributed by atoms with Crippen molar-refractivity contribution in [2.45, 2.75) is 18.8 Å². The molecule has 0 amide bonds. The van der Waals surface area contributed by atoms with Gasteiger partial charge in [-0.25, -0.2) is 14.4 Å². The van der Waals surface area contributed by atoms with Crippen LogP contribution in [0.15, 0.2) is 24.3 Å². The molecule has 0 unspecified atom stereocenters. The first-order chi connectivity index (χ1) is 9.17. The summed E-state index contributed by atoms with van der Waals surface area (Å²) in [7, 11) is 1.43. The van der Waals surface area contributed by atoms with Crippen molar-refractivity contribution in [1.82, 2.24) is 9.97 Å². The largest absolute Gasteiger partial charge is 0.494 e. The molecule has 1 fully saturated rings. The maximum Gasteiger partial charge on any atom is 0.165 e. The van der Waals surface area contributed by atoms with Gasteiger partial charge in [-0.05, 0) is 31.0 Å². The van der Waals surface area contributed by atoms with E-state index < -0.39 is 5.82 Å². The lowest BCUT2D eigenvalue weighted by molar-refractivity contribution is 0.386. The van der Waals surface area contributed by atoms with Crippen molar-refractivity contribution in [2.75, 3.05) is 12.8 Å². The molecule has 19 heavy (non-hydrogen) atoms. The Kier molecular flexibility index (Phi) is 2.81. The first kappa shape index (κ1) is 11.9. The molecule has 0 radical (unpaired) electrons. The zero-order chi connectivity index (χ0) is 13.4. The second-order valence-corrected chi connectivity index (χ2v) is 4.66. The van der Waals surface area contributed by atoms with Crippen LogP contribution in [0.2, 0.25) is 0 Å². The zero-order valence-electron chi connectivity index (χ0n) is 10.6. The molecule has 1 aromatic carbocycles. The minimum Gasteiger partial charge on any atom is -0.494 e. The SMILES string of the molecule is COc1ccc(-c2nc(N)cc(C3CC3)n2)cc1F. The first-order valence-electron chi connectivity index (χ1n) is 6.16. The Morgan fingerprint density at radius 2 is 2.05 bits per heavy atom. The van der Waals surface area contributed by atoms with E-state index in [1.54, 1.807) is 18.2 Å². The average Bonchev–Trinajstić information content (AvgIpc) is 3.22. The van der Waals surface area contributed by atoms with Gasteiger partial charge in [-0.1, -0.05) is 0 Å². The Morgan fingerprint density at radius 1 is 1.26 bits per heavy atom. The average molecular weight is 259 g/mol. The summed E-state index contributed by atoms with van der Waals surface area (Å²) in [6.45, 7) is 0. The monoisotopic (exact) mass is 259 g/mol. The molecule has 1 aromatic heterocycles. The van der Waals surface area contributed by atoms with Crippen LogP contribution in [-0.4, -0.2) is 17.1 Å². The van der Waals surface area contributed by atoms with Crippen molar-refractivity contribution >= 4 is 5.82 Å². The van der Waals surface area contributed by atoms with E-state index in [0.29, 0.717) is 23.1 Å². The fourth-order valence-electron chi connectivity index (χ4n) is 2.01. The number of ether oxygens (including phenoxy) is 1. The predicted octanol–water partition coefficient (Wildman–Crippen LogP) is 2.75. The predicted molar refractivity (Wildman–Crippen MR) is 70.4 cm³/mol. The number of halogens is 1. The Bertz CT molecular complexity index is 626. The molecule has 4 nitrogen and oxygen atoms in total. The van der Waals surface area contributed by atoms with Crippen LogP contribution in [0.4, 0.5) is 10.2 Å². The summed E-state index contributed by atoms with van der Waals surface area (Å²) in [5, 5.41) is 0. The number of anilines is 1. The van der Waals surface area contributed by atoms with Gasteiger partial charge in [0.15, 0.2) is 17.4 Å². The number of hydrogen-bond donors (Lipinski definition) is 1. The summed E-state index contributed by atoms with van der Waals surface area (Å²) >= 11 is 0. The number of nitrogens with two attached hydrogens (primary N) is 1. The number of hydrogen-bond acceptors (Lipinski definition) is 4. The molecule has 1 saturated carbocycles. The van der Waals surface area contributed by atoms with E-state index in [9.17, 15) is 4.39 Å². The normalized spacial score (nSPS) is 14.4. The van der Waals surface area contributed by atoms with E-state index in [1.165, 1.54) is 13.2 Å². The van der Waals surface area contributed by atoms with Crippen LogP contribution in [0.25, 0.3) is 11.4 Å². The molecule has 1 aliphatic carbocycles. The molecule has 0 bridgehead atoms. The second-order valence-electron chi connectivity index (χ2n) is 4.66. The lowest BCUT2D eigenvalue weighted by atomic mass is 10.2. The Hall–Kier alpha value is -2.17. The van der Waals surface area contributed by atoms with Gasteiger partial charge in [-0.2, -0.15) is 0 Å². The van der Waals surface area contributed by atoms with Crippen LogP contribution in [0.3, 0.4) is 0 Å². The summed E-state index contributed by atoms with van der Waals surface area (Å²) in [4.78, 5) is 8.63. The van der Waals surface area contributed by atoms with E-state index in [-0.39, 0.29) is 5.75 Å². The van der Waals surface area contributed by atoms with Crippen LogP contribution >= 0.6 is 0 Å². The van der Waals surface area contributed by atoms with Gasteiger partial charge in [0.1, 0.15) is 5.82 Å². The summed E-state index contributed by atoms with van der Waals surface area (Å²) in [5.74, 6) is 1.13. The molecule has 1 aliphatic rings. The van der Waals surface area contributed by atoms with Crippen molar-refractivity contribution in [3.8, 4) is 17.1 Å². The van der Waals surface area contributed by atoms with Gasteiger partial charge < -0.3 is 10.5 Å². The number of rotatable bonds is 3. The van der Waals surface area contributed by atoms with Crippen molar-refractivity contribution in [2.24, 2.45) is 0 Å². The highest BCUT2D eigenvalue weighted by Crippen LogP contribution is 2.40. The number of benzene rings is 1. The van der Waals surface area contributed by atoms with Crippen molar-refractivity contribution in [1.29, 1.82) is 0 Å². The van der Waals surface area contributed by atoms with Crippen LogP contribution in [0, 0.1) is 5.82 Å². The molecular formula is C14H14FN3O. The topological polar surface area (TPSA) is 61.0 Å². The Morgan fingerprint density at radius 3 is 2.68 bits per heavy atom. The highest BCUT2D eigenvalue weighted by Gasteiger charge is 2.26. The molecule has 0 atom stereocenters. The van der Waals surface area contributed by atoms with Crippen LogP contribution < -0.4 is 10.5 Å². The lowest BCUT2D eigenvalue weighted by Gasteiger charge is -2.07. The first-order valence-corrected chi connectivity index (χ1v) is 6.16. The quantitative estimate of drug-likeness (QED) is 0.920. The summed E-state index contributed by atoms with van der Waals surface area (Å²) < 4.78 is 18.6. The number of aromatic nitrogens is 2. The van der Waals surface area contributed by atoms with E-state index >= 15 is 0 Å². The maximum absolute atomic E-state index is 13.7. The summed E-state index contributed by atoms with van der Waals surface area (Å²) in [5.41, 5.74) is 7.33. The third-order valence-electron chi connectivity index (χ3n) is 3.17. The molecule has 98 valence electrons.